The first-order valence-electron chi connectivity index (χ1n) is 6.41. The molecule has 0 aromatic carbocycles. The summed E-state index contributed by atoms with van der Waals surface area (Å²) >= 11 is 5.79. The fraction of sp³-hybridized carbons (Fsp3) is 0.583. The Kier molecular flexibility index (Phi) is 3.28. The molecule has 7 heteroatoms. The van der Waals surface area contributed by atoms with Crippen LogP contribution in [0.1, 0.15) is 6.42 Å². The van der Waals surface area contributed by atoms with Crippen LogP contribution in [-0.4, -0.2) is 36.1 Å². The summed E-state index contributed by atoms with van der Waals surface area (Å²) in [6.07, 6.45) is 2.53. The van der Waals surface area contributed by atoms with Crippen LogP contribution in [0.25, 0.3) is 0 Å². The van der Waals surface area contributed by atoms with Crippen molar-refractivity contribution in [1.29, 1.82) is 0 Å². The van der Waals surface area contributed by atoms with Crippen molar-refractivity contribution in [2.45, 2.75) is 6.42 Å². The summed E-state index contributed by atoms with van der Waals surface area (Å²) in [7, 11) is 0. The van der Waals surface area contributed by atoms with Crippen molar-refractivity contribution in [3.05, 3.63) is 27.4 Å². The highest BCUT2D eigenvalue weighted by Crippen LogP contribution is 2.34. The quantitative estimate of drug-likeness (QED) is 0.660. The van der Waals surface area contributed by atoms with Gasteiger partial charge in [0.2, 0.25) is 5.82 Å². The predicted molar refractivity (Wildman–Crippen MR) is 72.6 cm³/mol. The Morgan fingerprint density at radius 3 is 3.05 bits per heavy atom. The van der Waals surface area contributed by atoms with E-state index in [9.17, 15) is 10.1 Å². The number of hydrogen-bond donors (Lipinski definition) is 1. The smallest absolute Gasteiger partial charge is 0.313 e. The first-order valence-corrected chi connectivity index (χ1v) is 6.78. The van der Waals surface area contributed by atoms with Crippen molar-refractivity contribution < 1.29 is 4.92 Å². The first-order chi connectivity index (χ1) is 9.15. The molecule has 6 nitrogen and oxygen atoms in total. The number of hydrogen-bond acceptors (Lipinski definition) is 5. The molecule has 0 spiro atoms. The molecule has 0 radical (unpaired) electrons. The van der Waals surface area contributed by atoms with Crippen molar-refractivity contribution in [3.63, 3.8) is 0 Å². The van der Waals surface area contributed by atoms with Crippen molar-refractivity contribution in [2.24, 2.45) is 11.8 Å². The normalized spacial score (nSPS) is 26.3. The van der Waals surface area contributed by atoms with Crippen LogP contribution in [0, 0.1) is 22.0 Å². The lowest BCUT2D eigenvalue weighted by molar-refractivity contribution is -0.384. The second kappa shape index (κ2) is 4.94. The largest absolute Gasteiger partial charge is 0.351 e. The van der Waals surface area contributed by atoms with Crippen molar-refractivity contribution in [1.82, 2.24) is 10.3 Å². The fourth-order valence-electron chi connectivity index (χ4n) is 3.03. The molecular weight excluding hydrogens is 268 g/mol. The minimum absolute atomic E-state index is 0.00286. The first kappa shape index (κ1) is 12.6. The van der Waals surface area contributed by atoms with E-state index in [1.165, 1.54) is 12.3 Å². The van der Waals surface area contributed by atoms with Gasteiger partial charge in [-0.15, -0.1) is 0 Å². The van der Waals surface area contributed by atoms with Crippen LogP contribution in [0.2, 0.25) is 5.02 Å². The minimum atomic E-state index is -0.410. The van der Waals surface area contributed by atoms with Gasteiger partial charge < -0.3 is 10.2 Å². The summed E-state index contributed by atoms with van der Waals surface area (Å²) in [5, 5.41) is 14.8. The van der Waals surface area contributed by atoms with Gasteiger partial charge in [0.05, 0.1) is 9.95 Å². The Bertz CT molecular complexity index is 511. The molecule has 0 aliphatic carbocycles. The molecule has 0 amide bonds. The summed E-state index contributed by atoms with van der Waals surface area (Å²) in [4.78, 5) is 16.9. The second-order valence-electron chi connectivity index (χ2n) is 5.17. The number of fused-ring (bicyclic) bond motifs is 1. The third kappa shape index (κ3) is 2.37. The summed E-state index contributed by atoms with van der Waals surface area (Å²) in [6.45, 7) is 3.70. The molecule has 19 heavy (non-hydrogen) atoms. The summed E-state index contributed by atoms with van der Waals surface area (Å²) in [5.41, 5.74) is -0.00286. The third-order valence-electron chi connectivity index (χ3n) is 4.01. The highest BCUT2D eigenvalue weighted by molar-refractivity contribution is 6.30. The molecule has 2 fully saturated rings. The van der Waals surface area contributed by atoms with Crippen molar-refractivity contribution in [2.75, 3.05) is 31.1 Å². The van der Waals surface area contributed by atoms with E-state index in [0.717, 1.165) is 32.6 Å². The zero-order valence-corrected chi connectivity index (χ0v) is 11.1. The topological polar surface area (TPSA) is 71.3 Å². The molecule has 2 unspecified atom stereocenters. The van der Waals surface area contributed by atoms with Gasteiger partial charge in [0.1, 0.15) is 0 Å². The molecule has 3 heterocycles. The van der Waals surface area contributed by atoms with Crippen LogP contribution in [-0.2, 0) is 0 Å². The van der Waals surface area contributed by atoms with Crippen LogP contribution in [0.5, 0.6) is 0 Å². The van der Waals surface area contributed by atoms with E-state index < -0.39 is 4.92 Å². The number of anilines is 1. The maximum absolute atomic E-state index is 11.1. The molecule has 2 aliphatic heterocycles. The van der Waals surface area contributed by atoms with Gasteiger partial charge in [-0.05, 0) is 31.3 Å². The number of aromatic nitrogens is 1. The van der Waals surface area contributed by atoms with E-state index in [1.54, 1.807) is 0 Å². The Labute approximate surface area is 115 Å². The number of rotatable bonds is 2. The van der Waals surface area contributed by atoms with Gasteiger partial charge in [-0.25, -0.2) is 4.98 Å². The fourth-order valence-corrected chi connectivity index (χ4v) is 3.18. The standard InChI is InChI=1S/C12H15ClN4O2/c13-10-3-11(17(18)19)12(15-6-10)16-2-1-8-4-14-5-9(8)7-16/h3,6,8-9,14H,1-2,4-5,7H2. The number of nitro groups is 1. The van der Waals surface area contributed by atoms with Gasteiger partial charge in [-0.2, -0.15) is 0 Å². The van der Waals surface area contributed by atoms with E-state index in [1.807, 2.05) is 4.90 Å². The lowest BCUT2D eigenvalue weighted by atomic mass is 9.89. The third-order valence-corrected chi connectivity index (χ3v) is 4.22. The Hall–Kier alpha value is -1.40. The van der Waals surface area contributed by atoms with Crippen molar-refractivity contribution in [3.8, 4) is 0 Å². The lowest BCUT2D eigenvalue weighted by Crippen LogP contribution is -2.40. The zero-order valence-electron chi connectivity index (χ0n) is 10.4. The Morgan fingerprint density at radius 1 is 1.47 bits per heavy atom. The maximum atomic E-state index is 11.1. The highest BCUT2D eigenvalue weighted by Gasteiger charge is 2.35. The van der Waals surface area contributed by atoms with Crippen LogP contribution in [0.4, 0.5) is 11.5 Å². The Morgan fingerprint density at radius 2 is 2.26 bits per heavy atom. The molecule has 0 bridgehead atoms. The molecular formula is C12H15ClN4O2. The molecule has 2 atom stereocenters. The van der Waals surface area contributed by atoms with E-state index in [4.69, 9.17) is 11.6 Å². The number of halogens is 1. The molecule has 3 rings (SSSR count). The molecule has 1 N–H and O–H groups in total. The molecule has 1 aromatic rings. The van der Waals surface area contributed by atoms with Crippen LogP contribution in [0.15, 0.2) is 12.3 Å². The SMILES string of the molecule is O=[N+]([O-])c1cc(Cl)cnc1N1CCC2CNCC2C1. The zero-order chi connectivity index (χ0) is 13.4. The summed E-state index contributed by atoms with van der Waals surface area (Å²) in [6, 6.07) is 1.38. The lowest BCUT2D eigenvalue weighted by Gasteiger charge is -2.34. The van der Waals surface area contributed by atoms with Gasteiger partial charge in [-0.3, -0.25) is 10.1 Å². The van der Waals surface area contributed by atoms with Crippen LogP contribution in [0.3, 0.4) is 0 Å². The average molecular weight is 283 g/mol. The molecule has 2 saturated heterocycles. The van der Waals surface area contributed by atoms with Crippen LogP contribution < -0.4 is 10.2 Å². The van der Waals surface area contributed by atoms with Gasteiger partial charge in [0, 0.05) is 25.4 Å². The summed E-state index contributed by atoms with van der Waals surface area (Å²) < 4.78 is 0. The monoisotopic (exact) mass is 282 g/mol. The van der Waals surface area contributed by atoms with Gasteiger partial charge in [0.25, 0.3) is 0 Å². The van der Waals surface area contributed by atoms with E-state index >= 15 is 0 Å². The van der Waals surface area contributed by atoms with E-state index in [2.05, 4.69) is 10.3 Å². The van der Waals surface area contributed by atoms with Gasteiger partial charge in [0.15, 0.2) is 0 Å². The van der Waals surface area contributed by atoms with Crippen LogP contribution >= 0.6 is 11.6 Å². The number of pyridine rings is 1. The number of nitrogens with one attached hydrogen (secondary N) is 1. The number of nitrogens with zero attached hydrogens (tertiary/aromatic N) is 3. The van der Waals surface area contributed by atoms with Gasteiger partial charge >= 0.3 is 5.69 Å². The molecule has 102 valence electrons. The molecule has 2 aliphatic rings. The average Bonchev–Trinajstić information content (AvgIpc) is 2.85. The predicted octanol–water partition coefficient (Wildman–Crippen LogP) is 1.69. The molecule has 1 aromatic heterocycles. The molecule has 0 saturated carbocycles. The minimum Gasteiger partial charge on any atom is -0.351 e. The van der Waals surface area contributed by atoms with Crippen molar-refractivity contribution >= 4 is 23.1 Å². The van der Waals surface area contributed by atoms with E-state index in [-0.39, 0.29) is 5.69 Å². The highest BCUT2D eigenvalue weighted by atomic mass is 35.5. The van der Waals surface area contributed by atoms with Gasteiger partial charge in [-0.1, -0.05) is 11.6 Å². The summed E-state index contributed by atoms with van der Waals surface area (Å²) in [5.74, 6) is 1.70. The number of piperidine rings is 1. The second-order valence-corrected chi connectivity index (χ2v) is 5.60. The maximum Gasteiger partial charge on any atom is 0.313 e. The Balaban J connectivity index is 1.87. The van der Waals surface area contributed by atoms with E-state index in [0.29, 0.717) is 22.7 Å².